The lowest BCUT2D eigenvalue weighted by Gasteiger charge is -2.21. The lowest BCUT2D eigenvalue weighted by molar-refractivity contribution is -0.667. The molecule has 5 rings (SSSR count). The molecule has 0 bridgehead atoms. The number of rotatable bonds is 12. The van der Waals surface area contributed by atoms with Gasteiger partial charge in [0.05, 0.1) is 43.4 Å². The maximum Gasteiger partial charge on any atom is 0.263 e. The number of thiazole rings is 1. The molecule has 0 unspecified atom stereocenters. The van der Waals surface area contributed by atoms with Crippen LogP contribution in [-0.4, -0.2) is 51.1 Å². The van der Waals surface area contributed by atoms with Gasteiger partial charge in [-0.2, -0.15) is 4.57 Å². The van der Waals surface area contributed by atoms with Gasteiger partial charge in [-0.1, -0.05) is 30.0 Å². The van der Waals surface area contributed by atoms with Crippen molar-refractivity contribution in [1.29, 1.82) is 0 Å². The Labute approximate surface area is 257 Å². The molecule has 0 amide bonds. The number of nitrogens with zero attached hydrogens (tertiary/aromatic N) is 2. The van der Waals surface area contributed by atoms with Crippen LogP contribution in [0.5, 0.6) is 5.75 Å². The van der Waals surface area contributed by atoms with Gasteiger partial charge in [0.1, 0.15) is 10.4 Å². The summed E-state index contributed by atoms with van der Waals surface area (Å²) in [6, 6.07) is 12.0. The Bertz CT molecular complexity index is 1910. The maximum absolute atomic E-state index is 11.3. The predicted octanol–water partition coefficient (Wildman–Crippen LogP) is 5.53. The van der Waals surface area contributed by atoms with Gasteiger partial charge in [0, 0.05) is 46.2 Å². The summed E-state index contributed by atoms with van der Waals surface area (Å²) in [7, 11) is -7.08. The molecule has 0 radical (unpaired) electrons. The average molecular weight is 666 g/mol. The molecule has 0 aliphatic carbocycles. The highest BCUT2D eigenvalue weighted by Gasteiger charge is 2.27. The van der Waals surface area contributed by atoms with Crippen molar-refractivity contribution in [2.24, 2.45) is 0 Å². The van der Waals surface area contributed by atoms with Crippen LogP contribution in [0.15, 0.2) is 63.4 Å². The molecule has 9 nitrogen and oxygen atoms in total. The number of hydrogen-bond donors (Lipinski definition) is 0. The number of benzene rings is 2. The van der Waals surface area contributed by atoms with E-state index in [4.69, 9.17) is 4.74 Å². The monoisotopic (exact) mass is 665 g/mol. The summed E-state index contributed by atoms with van der Waals surface area (Å²) in [5, 5.41) is 4.96. The molecule has 3 heterocycles. The average Bonchev–Trinajstić information content (AvgIpc) is 3.62. The molecule has 0 spiro atoms. The van der Waals surface area contributed by atoms with Crippen molar-refractivity contribution in [2.75, 3.05) is 30.1 Å². The van der Waals surface area contributed by atoms with Gasteiger partial charge in [-0.15, -0.1) is 11.3 Å². The van der Waals surface area contributed by atoms with Crippen molar-refractivity contribution in [3.05, 3.63) is 63.5 Å². The summed E-state index contributed by atoms with van der Waals surface area (Å²) in [5.41, 5.74) is 2.92. The standard InChI is InChI=1S/C28H30N2O7S5/c1-3-19(16-26-29(11-4-14-41(31,32)33)22-18-20(37-2)6-7-24(22)39-26)17-27-30(12-5-15-42(34,35)36)28-21-10-13-38-23(21)8-9-25(28)40-27/h6-10,13,16-18H,3-5,11-12,14-15H2,1-2H3,(H-,31,32,33,34,35,36)/p-1. The number of allylic oxidation sites excluding steroid dienone is 2. The summed E-state index contributed by atoms with van der Waals surface area (Å²) in [6.45, 7) is 2.78. The Morgan fingerprint density at radius 3 is 2.48 bits per heavy atom. The van der Waals surface area contributed by atoms with Crippen molar-refractivity contribution < 1.29 is 35.2 Å². The molecule has 14 heteroatoms. The number of hydrogen-bond acceptors (Lipinski definition) is 11. The van der Waals surface area contributed by atoms with Crippen molar-refractivity contribution in [3.63, 3.8) is 0 Å². The van der Waals surface area contributed by atoms with E-state index in [1.165, 1.54) is 0 Å². The zero-order chi connectivity index (χ0) is 30.1. The highest BCUT2D eigenvalue weighted by atomic mass is 32.2. The molecular formula is C28H29N2O7S5-. The lowest BCUT2D eigenvalue weighted by atomic mass is 10.1. The fourth-order valence-electron chi connectivity index (χ4n) is 4.88. The molecule has 42 heavy (non-hydrogen) atoms. The van der Waals surface area contributed by atoms with Crippen molar-refractivity contribution in [1.82, 2.24) is 0 Å². The van der Waals surface area contributed by atoms with E-state index in [1.807, 2.05) is 35.4 Å². The van der Waals surface area contributed by atoms with E-state index < -0.39 is 31.7 Å². The minimum atomic E-state index is -4.33. The molecule has 0 atom stereocenters. The second-order valence-corrected chi connectivity index (χ2v) is 15.8. The number of anilines is 1. The SMILES string of the molecule is CCC(=Cc1sc2ccc3sccc3c2[n+]1CCCS(=O)(=O)[O-])C=C1Sc2ccc(OC)cc2N1CCCS(=O)(=O)[O-]. The van der Waals surface area contributed by atoms with Gasteiger partial charge in [-0.3, -0.25) is 0 Å². The van der Waals surface area contributed by atoms with E-state index >= 15 is 0 Å². The van der Waals surface area contributed by atoms with Crippen molar-refractivity contribution in [2.45, 2.75) is 37.6 Å². The van der Waals surface area contributed by atoms with Crippen LogP contribution in [0, 0.1) is 0 Å². The number of aryl methyl sites for hydroxylation is 1. The van der Waals surface area contributed by atoms with Crippen LogP contribution >= 0.6 is 34.4 Å². The molecule has 0 saturated heterocycles. The van der Waals surface area contributed by atoms with E-state index in [1.54, 1.807) is 41.5 Å². The second-order valence-electron chi connectivity index (χ2n) is 9.71. The molecule has 1 aliphatic rings. The van der Waals surface area contributed by atoms with Crippen LogP contribution in [0.3, 0.4) is 0 Å². The summed E-state index contributed by atoms with van der Waals surface area (Å²) in [4.78, 5) is 3.02. The van der Waals surface area contributed by atoms with Crippen LogP contribution in [0.2, 0.25) is 0 Å². The fraction of sp³-hybridized carbons (Fsp3) is 0.321. The molecule has 224 valence electrons. The van der Waals surface area contributed by atoms with Gasteiger partial charge in [0.15, 0.2) is 6.54 Å². The van der Waals surface area contributed by atoms with Gasteiger partial charge in [0.2, 0.25) is 5.52 Å². The van der Waals surface area contributed by atoms with Crippen LogP contribution < -0.4 is 14.2 Å². The third-order valence-electron chi connectivity index (χ3n) is 6.84. The van der Waals surface area contributed by atoms with Crippen LogP contribution in [0.4, 0.5) is 5.69 Å². The number of thioether (sulfide) groups is 1. The van der Waals surface area contributed by atoms with Crippen LogP contribution in [-0.2, 0) is 26.8 Å². The Hall–Kier alpha value is -2.46. The highest BCUT2D eigenvalue weighted by molar-refractivity contribution is 8.03. The lowest BCUT2D eigenvalue weighted by Crippen LogP contribution is -2.36. The van der Waals surface area contributed by atoms with E-state index in [2.05, 4.69) is 34.9 Å². The molecule has 0 fully saturated rings. The second kappa shape index (κ2) is 12.6. The van der Waals surface area contributed by atoms with E-state index in [0.29, 0.717) is 25.3 Å². The van der Waals surface area contributed by atoms with Gasteiger partial charge >= 0.3 is 0 Å². The zero-order valence-corrected chi connectivity index (χ0v) is 27.0. The topological polar surface area (TPSA) is 131 Å². The van der Waals surface area contributed by atoms with Crippen molar-refractivity contribution >= 4 is 86.7 Å². The molecule has 0 saturated carbocycles. The number of fused-ring (bicyclic) bond motifs is 4. The summed E-state index contributed by atoms with van der Waals surface area (Å²) >= 11 is 4.81. The number of ether oxygens (including phenoxy) is 1. The first kappa shape index (κ1) is 31.0. The highest BCUT2D eigenvalue weighted by Crippen LogP contribution is 2.48. The van der Waals surface area contributed by atoms with E-state index in [9.17, 15) is 25.9 Å². The van der Waals surface area contributed by atoms with Gasteiger partial charge in [-0.25, -0.2) is 16.8 Å². The molecule has 0 N–H and O–H groups in total. The molecular weight excluding hydrogens is 637 g/mol. The van der Waals surface area contributed by atoms with Gasteiger partial charge in [0.25, 0.3) is 5.01 Å². The summed E-state index contributed by atoms with van der Waals surface area (Å²) in [6.07, 6.45) is 5.24. The quantitative estimate of drug-likeness (QED) is 0.142. The van der Waals surface area contributed by atoms with Gasteiger partial charge in [-0.05, 0) is 60.2 Å². The Kier molecular flexibility index (Phi) is 9.33. The number of methoxy groups -OCH3 is 1. The van der Waals surface area contributed by atoms with Crippen LogP contribution in [0.1, 0.15) is 31.2 Å². The molecule has 2 aromatic heterocycles. The van der Waals surface area contributed by atoms with Gasteiger partial charge < -0.3 is 18.7 Å². The molecule has 2 aromatic carbocycles. The van der Waals surface area contributed by atoms with E-state index in [0.717, 1.165) is 46.5 Å². The Morgan fingerprint density at radius 2 is 1.76 bits per heavy atom. The summed E-state index contributed by atoms with van der Waals surface area (Å²) < 4.78 is 77.6. The third-order valence-corrected chi connectivity index (χ3v) is 11.5. The normalized spacial score (nSPS) is 15.3. The Balaban J connectivity index is 1.55. The maximum atomic E-state index is 11.3. The zero-order valence-electron chi connectivity index (χ0n) is 22.9. The first-order chi connectivity index (χ1) is 20.0. The molecule has 4 aromatic rings. The van der Waals surface area contributed by atoms with Crippen molar-refractivity contribution in [3.8, 4) is 5.75 Å². The van der Waals surface area contributed by atoms with Crippen LogP contribution in [0.25, 0.3) is 26.4 Å². The largest absolute Gasteiger partial charge is 0.748 e. The third kappa shape index (κ3) is 7.18. The molecule has 1 aliphatic heterocycles. The first-order valence-corrected chi connectivity index (χ1v) is 18.9. The Morgan fingerprint density at radius 1 is 1.02 bits per heavy atom. The van der Waals surface area contributed by atoms with E-state index in [-0.39, 0.29) is 12.8 Å². The minimum absolute atomic E-state index is 0.182. The first-order valence-electron chi connectivity index (χ1n) is 13.2. The number of thiophene rings is 1. The predicted molar refractivity (Wildman–Crippen MR) is 168 cm³/mol. The minimum Gasteiger partial charge on any atom is -0.748 e. The number of aromatic nitrogens is 1. The fourth-order valence-corrected chi connectivity index (χ4v) is 8.97. The smallest absolute Gasteiger partial charge is 0.263 e. The summed E-state index contributed by atoms with van der Waals surface area (Å²) in [5.74, 6) is -0.207.